The molecule has 3 heterocycles. The molecule has 1 aliphatic rings. The van der Waals surface area contributed by atoms with Crippen molar-refractivity contribution < 1.29 is 19.1 Å². The van der Waals surface area contributed by atoms with Crippen LogP contribution in [0.5, 0.6) is 0 Å². The highest BCUT2D eigenvalue weighted by Gasteiger charge is 2.18. The third kappa shape index (κ3) is 7.71. The van der Waals surface area contributed by atoms with Gasteiger partial charge in [-0.25, -0.2) is 14.8 Å². The van der Waals surface area contributed by atoms with E-state index in [4.69, 9.17) is 4.74 Å². The van der Waals surface area contributed by atoms with Crippen LogP contribution in [0.1, 0.15) is 44.0 Å². The van der Waals surface area contributed by atoms with Crippen LogP contribution >= 0.6 is 0 Å². The Labute approximate surface area is 193 Å². The third-order valence-electron chi connectivity index (χ3n) is 4.66. The number of rotatable bonds is 5. The van der Waals surface area contributed by atoms with Gasteiger partial charge in [-0.1, -0.05) is 44.2 Å². The van der Waals surface area contributed by atoms with E-state index in [0.717, 1.165) is 37.8 Å². The first-order valence-corrected chi connectivity index (χ1v) is 11.1. The number of aromatic nitrogens is 3. The minimum absolute atomic E-state index is 0.113. The minimum atomic E-state index is -0.184. The molecule has 0 atom stereocenters. The van der Waals surface area contributed by atoms with Crippen molar-refractivity contribution in [1.29, 1.82) is 0 Å². The van der Waals surface area contributed by atoms with Gasteiger partial charge in [0.2, 0.25) is 5.91 Å². The molecule has 0 bridgehead atoms. The number of hydrogen-bond donors (Lipinski definition) is 1. The maximum absolute atomic E-state index is 11.5. The number of ether oxygens (including phenoxy) is 1. The van der Waals surface area contributed by atoms with Crippen LogP contribution in [0.3, 0.4) is 0 Å². The van der Waals surface area contributed by atoms with Crippen LogP contribution in [0.4, 0.5) is 10.6 Å². The SMILES string of the molecule is CC.CC(=O)n1ccc2nc(NCC=O)cnc21.O=C(OCc1ccccc1)N1CCCC1. The van der Waals surface area contributed by atoms with E-state index in [0.29, 0.717) is 23.6 Å². The maximum atomic E-state index is 11.5. The Morgan fingerprint density at radius 1 is 1.12 bits per heavy atom. The summed E-state index contributed by atoms with van der Waals surface area (Å²) in [6, 6.07) is 11.5. The van der Waals surface area contributed by atoms with E-state index in [9.17, 15) is 14.4 Å². The number of nitrogens with zero attached hydrogens (tertiary/aromatic N) is 4. The van der Waals surface area contributed by atoms with Gasteiger partial charge in [0.05, 0.1) is 12.7 Å². The number of benzene rings is 1. The van der Waals surface area contributed by atoms with Gasteiger partial charge in [-0.2, -0.15) is 0 Å². The summed E-state index contributed by atoms with van der Waals surface area (Å²) in [5.41, 5.74) is 2.17. The van der Waals surface area contributed by atoms with E-state index in [1.807, 2.05) is 44.2 Å². The molecule has 0 aliphatic carbocycles. The van der Waals surface area contributed by atoms with Crippen molar-refractivity contribution in [2.45, 2.75) is 40.2 Å². The second-order valence-corrected chi connectivity index (χ2v) is 6.95. The summed E-state index contributed by atoms with van der Waals surface area (Å²) in [6.45, 7) is 7.70. The number of nitrogens with one attached hydrogen (secondary N) is 1. The van der Waals surface area contributed by atoms with E-state index >= 15 is 0 Å². The van der Waals surface area contributed by atoms with Crippen molar-refractivity contribution in [2.24, 2.45) is 0 Å². The Morgan fingerprint density at radius 3 is 2.45 bits per heavy atom. The molecule has 1 aliphatic heterocycles. The average Bonchev–Trinajstić information content (AvgIpc) is 3.54. The Kier molecular flexibility index (Phi) is 10.5. The minimum Gasteiger partial charge on any atom is -0.445 e. The molecule has 1 N–H and O–H groups in total. The highest BCUT2D eigenvalue weighted by Crippen LogP contribution is 2.13. The number of carbonyl (C=O) groups excluding carboxylic acids is 3. The first-order chi connectivity index (χ1) is 16.1. The summed E-state index contributed by atoms with van der Waals surface area (Å²) < 4.78 is 6.62. The molecule has 1 aromatic carbocycles. The van der Waals surface area contributed by atoms with Crippen LogP contribution in [0.25, 0.3) is 11.2 Å². The van der Waals surface area contributed by atoms with Gasteiger partial charge in [0.25, 0.3) is 0 Å². The van der Waals surface area contributed by atoms with Crippen molar-refractivity contribution in [3.05, 3.63) is 54.4 Å². The van der Waals surface area contributed by atoms with Crippen LogP contribution in [-0.4, -0.2) is 57.4 Å². The molecule has 9 nitrogen and oxygen atoms in total. The van der Waals surface area contributed by atoms with E-state index in [1.165, 1.54) is 17.7 Å². The van der Waals surface area contributed by atoms with Gasteiger partial charge in [-0.05, 0) is 24.5 Å². The number of carbonyl (C=O) groups is 3. The Bertz CT molecular complexity index is 1030. The van der Waals surface area contributed by atoms with E-state index in [2.05, 4.69) is 15.3 Å². The fourth-order valence-corrected chi connectivity index (χ4v) is 3.11. The fraction of sp³-hybridized carbons (Fsp3) is 0.375. The van der Waals surface area contributed by atoms with Gasteiger partial charge in [0.15, 0.2) is 5.65 Å². The molecule has 176 valence electrons. The number of hydrogen-bond acceptors (Lipinski definition) is 7. The van der Waals surface area contributed by atoms with Crippen molar-refractivity contribution in [2.75, 3.05) is 25.0 Å². The molecule has 33 heavy (non-hydrogen) atoms. The lowest BCUT2D eigenvalue weighted by molar-refractivity contribution is -0.106. The standard InChI is InChI=1S/C12H15NO2.C10H10N4O2.C2H6/c14-12(13-8-4-5-9-13)15-10-11-6-2-1-3-7-11;1-7(16)14-4-2-8-10(14)12-6-9(13-8)11-3-5-15;1-2/h1-3,6-7H,4-5,8-10H2;2,4-6H,3H2,1H3,(H,11,13);1-2H3. The molecular formula is C24H31N5O4. The summed E-state index contributed by atoms with van der Waals surface area (Å²) in [7, 11) is 0. The highest BCUT2D eigenvalue weighted by atomic mass is 16.6. The van der Waals surface area contributed by atoms with E-state index in [1.54, 1.807) is 17.2 Å². The number of amides is 1. The Morgan fingerprint density at radius 2 is 1.82 bits per heavy atom. The van der Waals surface area contributed by atoms with E-state index < -0.39 is 0 Å². The summed E-state index contributed by atoms with van der Waals surface area (Å²) in [5.74, 6) is 0.402. The zero-order valence-corrected chi connectivity index (χ0v) is 19.4. The lowest BCUT2D eigenvalue weighted by Crippen LogP contribution is -2.28. The van der Waals surface area contributed by atoms with Gasteiger partial charge in [-0.15, -0.1) is 0 Å². The van der Waals surface area contributed by atoms with E-state index in [-0.39, 0.29) is 18.5 Å². The lowest BCUT2D eigenvalue weighted by atomic mass is 10.2. The molecule has 9 heteroatoms. The first-order valence-electron chi connectivity index (χ1n) is 11.1. The summed E-state index contributed by atoms with van der Waals surface area (Å²) in [4.78, 5) is 43.0. The van der Waals surface area contributed by atoms with Crippen LogP contribution in [-0.2, 0) is 16.1 Å². The normalized spacial score (nSPS) is 12.2. The molecule has 3 aromatic rings. The van der Waals surface area contributed by atoms with Crippen LogP contribution in [0.15, 0.2) is 48.8 Å². The monoisotopic (exact) mass is 453 g/mol. The van der Waals surface area contributed by atoms with Crippen molar-refractivity contribution in [3.8, 4) is 0 Å². The van der Waals surface area contributed by atoms with Crippen molar-refractivity contribution in [3.63, 3.8) is 0 Å². The second kappa shape index (κ2) is 13.6. The number of anilines is 1. The topological polar surface area (TPSA) is 106 Å². The molecule has 0 spiro atoms. The number of likely N-dealkylation sites (tertiary alicyclic amines) is 1. The lowest BCUT2D eigenvalue weighted by Gasteiger charge is -2.14. The molecule has 0 radical (unpaired) electrons. The average molecular weight is 454 g/mol. The summed E-state index contributed by atoms with van der Waals surface area (Å²) in [5, 5.41) is 2.79. The highest BCUT2D eigenvalue weighted by molar-refractivity contribution is 5.87. The smallest absolute Gasteiger partial charge is 0.410 e. The molecule has 4 rings (SSSR count). The molecule has 0 unspecified atom stereocenters. The second-order valence-electron chi connectivity index (χ2n) is 6.95. The molecule has 2 aromatic heterocycles. The molecular weight excluding hydrogens is 422 g/mol. The fourth-order valence-electron chi connectivity index (χ4n) is 3.11. The van der Waals surface area contributed by atoms with Crippen LogP contribution < -0.4 is 5.32 Å². The van der Waals surface area contributed by atoms with Gasteiger partial charge < -0.3 is 19.7 Å². The predicted octanol–water partition coefficient (Wildman–Crippen LogP) is 4.15. The summed E-state index contributed by atoms with van der Waals surface area (Å²) in [6.07, 6.45) is 5.87. The third-order valence-corrected chi connectivity index (χ3v) is 4.66. The van der Waals surface area contributed by atoms with Gasteiger partial charge in [0, 0.05) is 26.2 Å². The van der Waals surface area contributed by atoms with Crippen LogP contribution in [0.2, 0.25) is 0 Å². The quantitative estimate of drug-likeness (QED) is 0.579. The maximum Gasteiger partial charge on any atom is 0.410 e. The molecule has 1 amide bonds. The molecule has 1 saturated heterocycles. The molecule has 0 saturated carbocycles. The Balaban J connectivity index is 0.000000218. The zero-order chi connectivity index (χ0) is 24.1. The first kappa shape index (κ1) is 25.5. The number of aldehydes is 1. The predicted molar refractivity (Wildman–Crippen MR) is 127 cm³/mol. The Hall–Kier alpha value is -3.75. The molecule has 1 fully saturated rings. The number of fused-ring (bicyclic) bond motifs is 1. The van der Waals surface area contributed by atoms with Gasteiger partial charge >= 0.3 is 6.09 Å². The van der Waals surface area contributed by atoms with Gasteiger partial charge in [0.1, 0.15) is 24.2 Å². The largest absolute Gasteiger partial charge is 0.445 e. The van der Waals surface area contributed by atoms with Crippen molar-refractivity contribution in [1.82, 2.24) is 19.4 Å². The van der Waals surface area contributed by atoms with Gasteiger partial charge in [-0.3, -0.25) is 9.36 Å². The summed E-state index contributed by atoms with van der Waals surface area (Å²) >= 11 is 0. The van der Waals surface area contributed by atoms with Crippen molar-refractivity contribution >= 4 is 35.3 Å². The zero-order valence-electron chi connectivity index (χ0n) is 19.4. The van der Waals surface area contributed by atoms with Crippen LogP contribution in [0, 0.1) is 0 Å².